The van der Waals surface area contributed by atoms with Gasteiger partial charge in [-0.25, -0.2) is 13.4 Å². The smallest absolute Gasteiger partial charge is 0.270 e. The Labute approximate surface area is 177 Å². The average molecular weight is 435 g/mol. The van der Waals surface area contributed by atoms with Gasteiger partial charge in [-0.2, -0.15) is 0 Å². The standard InChI is InChI=1S/C21H30N4O4S/c1-12(2)11-30(28,29)19-16(14-5-6-14)9-10-17(24-19)18(27)25-21(4,15-7-8-15)20(22)23-13(3)26/h9-10,12,14-15H,5-8,11H2,1-4H3,(H,25,27)(H2,22,23,26). The number of carbonyl (C=O) groups is 2. The third-order valence-corrected chi connectivity index (χ3v) is 7.60. The summed E-state index contributed by atoms with van der Waals surface area (Å²) in [6, 6.07) is 3.24. The number of amidine groups is 1. The van der Waals surface area contributed by atoms with E-state index < -0.39 is 21.3 Å². The first-order valence-corrected chi connectivity index (χ1v) is 12.0. The Morgan fingerprint density at radius 3 is 2.37 bits per heavy atom. The Morgan fingerprint density at radius 1 is 1.23 bits per heavy atom. The van der Waals surface area contributed by atoms with Crippen LogP contribution in [0.4, 0.5) is 0 Å². The van der Waals surface area contributed by atoms with Crippen LogP contribution in [0.3, 0.4) is 0 Å². The number of amides is 2. The second-order valence-electron chi connectivity index (χ2n) is 9.03. The number of carbonyl (C=O) groups excluding carboxylic acids is 2. The van der Waals surface area contributed by atoms with Crippen molar-refractivity contribution < 1.29 is 18.0 Å². The van der Waals surface area contributed by atoms with Crippen LogP contribution in [0.2, 0.25) is 0 Å². The van der Waals surface area contributed by atoms with Gasteiger partial charge in [0.2, 0.25) is 5.91 Å². The third kappa shape index (κ3) is 4.88. The molecule has 0 aliphatic heterocycles. The first-order valence-electron chi connectivity index (χ1n) is 10.4. The van der Waals surface area contributed by atoms with Crippen LogP contribution in [-0.4, -0.2) is 42.3 Å². The van der Waals surface area contributed by atoms with Gasteiger partial charge in [-0.15, -0.1) is 0 Å². The van der Waals surface area contributed by atoms with Crippen molar-refractivity contribution in [3.05, 3.63) is 23.4 Å². The SMILES string of the molecule is CC(=O)NC(=N)C(C)(NC(=O)c1ccc(C2CC2)c(S(=O)(=O)CC(C)C)n1)C1CC1. The van der Waals surface area contributed by atoms with Gasteiger partial charge in [0, 0.05) is 6.92 Å². The molecule has 1 unspecified atom stereocenters. The Morgan fingerprint density at radius 2 is 1.87 bits per heavy atom. The first kappa shape index (κ1) is 22.4. The zero-order valence-electron chi connectivity index (χ0n) is 17.9. The quantitative estimate of drug-likeness (QED) is 0.427. The van der Waals surface area contributed by atoms with Gasteiger partial charge in [-0.3, -0.25) is 15.0 Å². The lowest BCUT2D eigenvalue weighted by Crippen LogP contribution is -2.59. The highest BCUT2D eigenvalue weighted by Crippen LogP contribution is 2.43. The van der Waals surface area contributed by atoms with E-state index in [1.807, 2.05) is 13.8 Å². The zero-order chi connectivity index (χ0) is 22.3. The molecule has 2 aliphatic rings. The summed E-state index contributed by atoms with van der Waals surface area (Å²) in [6.07, 6.45) is 3.51. The fourth-order valence-corrected chi connectivity index (χ4v) is 5.55. The molecule has 0 aromatic carbocycles. The summed E-state index contributed by atoms with van der Waals surface area (Å²) in [5.74, 6) is -0.881. The summed E-state index contributed by atoms with van der Waals surface area (Å²) in [5.41, 5.74) is -0.358. The van der Waals surface area contributed by atoms with Crippen LogP contribution >= 0.6 is 0 Å². The topological polar surface area (TPSA) is 129 Å². The molecule has 1 atom stereocenters. The summed E-state index contributed by atoms with van der Waals surface area (Å²) in [5, 5.41) is 13.5. The molecule has 3 N–H and O–H groups in total. The van der Waals surface area contributed by atoms with Crippen molar-refractivity contribution in [3.8, 4) is 0 Å². The van der Waals surface area contributed by atoms with Gasteiger partial charge in [0.25, 0.3) is 5.91 Å². The van der Waals surface area contributed by atoms with Crippen molar-refractivity contribution in [1.29, 1.82) is 5.41 Å². The fourth-order valence-electron chi connectivity index (χ4n) is 3.68. The summed E-state index contributed by atoms with van der Waals surface area (Å²) in [4.78, 5) is 28.7. The van der Waals surface area contributed by atoms with Crippen LogP contribution in [0.5, 0.6) is 0 Å². The van der Waals surface area contributed by atoms with Gasteiger partial charge < -0.3 is 10.6 Å². The van der Waals surface area contributed by atoms with Gasteiger partial charge in [-0.1, -0.05) is 19.9 Å². The zero-order valence-corrected chi connectivity index (χ0v) is 18.7. The molecule has 2 fully saturated rings. The lowest BCUT2D eigenvalue weighted by molar-refractivity contribution is -0.117. The van der Waals surface area contributed by atoms with E-state index in [9.17, 15) is 18.0 Å². The van der Waals surface area contributed by atoms with E-state index in [2.05, 4.69) is 15.6 Å². The molecule has 0 bridgehead atoms. The summed E-state index contributed by atoms with van der Waals surface area (Å²) < 4.78 is 25.9. The number of hydrogen-bond acceptors (Lipinski definition) is 6. The number of rotatable bonds is 8. The van der Waals surface area contributed by atoms with Gasteiger partial charge in [0.1, 0.15) is 11.5 Å². The number of hydrogen-bond donors (Lipinski definition) is 3. The summed E-state index contributed by atoms with van der Waals surface area (Å²) in [7, 11) is -3.62. The Bertz CT molecular complexity index is 981. The van der Waals surface area contributed by atoms with Crippen molar-refractivity contribution in [2.24, 2.45) is 11.8 Å². The molecule has 164 valence electrons. The molecule has 2 amide bonds. The maximum Gasteiger partial charge on any atom is 0.270 e. The predicted molar refractivity (Wildman–Crippen MR) is 113 cm³/mol. The van der Waals surface area contributed by atoms with E-state index >= 15 is 0 Å². The van der Waals surface area contributed by atoms with Gasteiger partial charge >= 0.3 is 0 Å². The molecule has 1 aromatic rings. The molecule has 0 saturated heterocycles. The van der Waals surface area contributed by atoms with Gasteiger partial charge in [0.05, 0.1) is 11.3 Å². The number of nitrogens with one attached hydrogen (secondary N) is 3. The van der Waals surface area contributed by atoms with Crippen LogP contribution in [-0.2, 0) is 14.6 Å². The minimum absolute atomic E-state index is 0.00332. The second kappa shape index (κ2) is 8.09. The van der Waals surface area contributed by atoms with Crippen LogP contribution in [0.25, 0.3) is 0 Å². The molecule has 0 radical (unpaired) electrons. The van der Waals surface area contributed by atoms with E-state index in [0.29, 0.717) is 5.56 Å². The molecule has 1 heterocycles. The van der Waals surface area contributed by atoms with E-state index in [4.69, 9.17) is 5.41 Å². The van der Waals surface area contributed by atoms with Crippen molar-refractivity contribution in [1.82, 2.24) is 15.6 Å². The highest BCUT2D eigenvalue weighted by Gasteiger charge is 2.46. The molecule has 9 heteroatoms. The summed E-state index contributed by atoms with van der Waals surface area (Å²) >= 11 is 0. The Kier molecular flexibility index (Phi) is 6.04. The van der Waals surface area contributed by atoms with Crippen LogP contribution < -0.4 is 10.6 Å². The number of pyridine rings is 1. The van der Waals surface area contributed by atoms with E-state index in [-0.39, 0.29) is 46.0 Å². The molecule has 0 spiro atoms. The minimum Gasteiger partial charge on any atom is -0.338 e. The van der Waals surface area contributed by atoms with Crippen molar-refractivity contribution in [2.75, 3.05) is 5.75 Å². The van der Waals surface area contributed by atoms with E-state index in [1.165, 1.54) is 6.92 Å². The van der Waals surface area contributed by atoms with Crippen molar-refractivity contribution >= 4 is 27.5 Å². The monoisotopic (exact) mass is 434 g/mol. The molecule has 3 rings (SSSR count). The number of aromatic nitrogens is 1. The minimum atomic E-state index is -3.62. The van der Waals surface area contributed by atoms with Gasteiger partial charge in [-0.05, 0) is 62.0 Å². The molecule has 8 nitrogen and oxygen atoms in total. The predicted octanol–water partition coefficient (Wildman–Crippen LogP) is 2.40. The second-order valence-corrected chi connectivity index (χ2v) is 11.0. The Hall–Kier alpha value is -2.29. The van der Waals surface area contributed by atoms with Crippen LogP contribution in [0.15, 0.2) is 17.2 Å². The molecule has 30 heavy (non-hydrogen) atoms. The van der Waals surface area contributed by atoms with Crippen LogP contribution in [0, 0.1) is 17.2 Å². The molecular formula is C21H30N4O4S. The van der Waals surface area contributed by atoms with Crippen molar-refractivity contribution in [3.63, 3.8) is 0 Å². The highest BCUT2D eigenvalue weighted by molar-refractivity contribution is 7.91. The lowest BCUT2D eigenvalue weighted by atomic mass is 9.93. The van der Waals surface area contributed by atoms with Crippen molar-refractivity contribution in [2.45, 2.75) is 69.9 Å². The highest BCUT2D eigenvalue weighted by atomic mass is 32.2. The van der Waals surface area contributed by atoms with Crippen LogP contribution in [0.1, 0.15) is 75.3 Å². The molecular weight excluding hydrogens is 404 g/mol. The summed E-state index contributed by atoms with van der Waals surface area (Å²) in [6.45, 7) is 6.68. The average Bonchev–Trinajstić information content (AvgIpc) is 3.52. The Balaban J connectivity index is 1.91. The molecule has 1 aromatic heterocycles. The molecule has 2 saturated carbocycles. The maximum atomic E-state index is 13.0. The number of nitrogens with zero attached hydrogens (tertiary/aromatic N) is 1. The van der Waals surface area contributed by atoms with E-state index in [1.54, 1.807) is 19.1 Å². The lowest BCUT2D eigenvalue weighted by Gasteiger charge is -2.31. The maximum absolute atomic E-state index is 13.0. The third-order valence-electron chi connectivity index (χ3n) is 5.57. The van der Waals surface area contributed by atoms with E-state index in [0.717, 1.165) is 25.7 Å². The fraction of sp³-hybridized carbons (Fsp3) is 0.619. The number of sulfone groups is 1. The normalized spacial score (nSPS) is 18.6. The molecule has 2 aliphatic carbocycles. The first-order chi connectivity index (χ1) is 13.9. The van der Waals surface area contributed by atoms with Gasteiger partial charge in [0.15, 0.2) is 14.9 Å². The largest absolute Gasteiger partial charge is 0.338 e.